The highest BCUT2D eigenvalue weighted by Gasteiger charge is 2.52. The maximum atomic E-state index is 12.8. The first-order valence-electron chi connectivity index (χ1n) is 8.91. The fourth-order valence-corrected chi connectivity index (χ4v) is 4.68. The number of hydrogen-bond donors (Lipinski definition) is 1. The average molecular weight is 382 g/mol. The van der Waals surface area contributed by atoms with Gasteiger partial charge in [0.15, 0.2) is 0 Å². The van der Waals surface area contributed by atoms with Crippen LogP contribution in [-0.2, 0) is 19.1 Å². The van der Waals surface area contributed by atoms with E-state index in [0.717, 1.165) is 6.54 Å². The number of nitrogens with zero attached hydrogens (tertiary/aromatic N) is 3. The Labute approximate surface area is 155 Å². The molecule has 0 unspecified atom stereocenters. The third kappa shape index (κ3) is 3.53. The lowest BCUT2D eigenvalue weighted by Crippen LogP contribution is -2.41. The third-order valence-corrected chi connectivity index (χ3v) is 7.52. The number of rotatable bonds is 5. The van der Waals surface area contributed by atoms with Crippen molar-refractivity contribution >= 4 is 22.4 Å². The van der Waals surface area contributed by atoms with Gasteiger partial charge < -0.3 is 19.9 Å². The van der Waals surface area contributed by atoms with E-state index in [4.69, 9.17) is 15.0 Å². The molecule has 144 valence electrons. The summed E-state index contributed by atoms with van der Waals surface area (Å²) in [6.07, 6.45) is 3.54. The number of likely N-dealkylation sites (tertiary alicyclic amines) is 1. The molecule has 2 aliphatic heterocycles. The maximum Gasteiger partial charge on any atom is 0.498 e. The molecule has 0 bridgehead atoms. The fourth-order valence-electron chi connectivity index (χ4n) is 3.16. The monoisotopic (exact) mass is 382 g/mol. The topological polar surface area (TPSA) is 108 Å². The van der Waals surface area contributed by atoms with Crippen LogP contribution in [0.5, 0.6) is 0 Å². The van der Waals surface area contributed by atoms with Gasteiger partial charge in [0.1, 0.15) is 0 Å². The zero-order chi connectivity index (χ0) is 19.2. The molecule has 1 atom stereocenters. The molecule has 2 aliphatic rings. The van der Waals surface area contributed by atoms with E-state index in [9.17, 15) is 8.42 Å². The average Bonchev–Trinajstić information content (AvgIpc) is 3.11. The van der Waals surface area contributed by atoms with Crippen molar-refractivity contribution < 1.29 is 17.7 Å². The molecule has 0 aliphatic carbocycles. The molecule has 8 nitrogen and oxygen atoms in total. The van der Waals surface area contributed by atoms with Gasteiger partial charge in [0, 0.05) is 37.5 Å². The van der Waals surface area contributed by atoms with Gasteiger partial charge in [0.25, 0.3) is 0 Å². The highest BCUT2D eigenvalue weighted by atomic mass is 32.2. The lowest BCUT2D eigenvalue weighted by atomic mass is 9.81. The molecule has 0 saturated carbocycles. The highest BCUT2D eigenvalue weighted by molar-refractivity contribution is 7.91. The van der Waals surface area contributed by atoms with Crippen LogP contribution in [0.15, 0.2) is 17.6 Å². The molecule has 3 rings (SSSR count). The Hall–Kier alpha value is -1.07. The SMILES string of the molecule is CC1(C)OB(c2cnc(S(=O)(=O)[C@H]3CCN(CCN)C3)nc2)OC1(C)C. The van der Waals surface area contributed by atoms with Crippen LogP contribution in [0, 0.1) is 0 Å². The molecule has 2 fully saturated rings. The quantitative estimate of drug-likeness (QED) is 0.541. The third-order valence-electron chi connectivity index (χ3n) is 5.54. The molecule has 0 amide bonds. The lowest BCUT2D eigenvalue weighted by molar-refractivity contribution is 0.00578. The Balaban J connectivity index is 1.74. The van der Waals surface area contributed by atoms with E-state index in [1.165, 1.54) is 12.4 Å². The van der Waals surface area contributed by atoms with E-state index in [1.807, 2.05) is 27.7 Å². The Morgan fingerprint density at radius 2 is 1.81 bits per heavy atom. The predicted molar refractivity (Wildman–Crippen MR) is 98.8 cm³/mol. The predicted octanol–water partition coefficient (Wildman–Crippen LogP) is -0.417. The van der Waals surface area contributed by atoms with Gasteiger partial charge in [0.05, 0.1) is 16.5 Å². The summed E-state index contributed by atoms with van der Waals surface area (Å²) in [5.74, 6) is 0. The minimum atomic E-state index is -3.56. The van der Waals surface area contributed by atoms with Crippen molar-refractivity contribution in [2.45, 2.75) is 55.7 Å². The second-order valence-corrected chi connectivity index (χ2v) is 10.1. The first-order valence-corrected chi connectivity index (χ1v) is 10.5. The second-order valence-electron chi connectivity index (χ2n) is 7.93. The standard InChI is InChI=1S/C16H27BN4O4S/c1-15(2)16(3,4)25-17(24-15)12-9-19-14(20-10-12)26(22,23)13-5-7-21(11-13)8-6-18/h9-10,13H,5-8,11,18H2,1-4H3/t13-/m0/s1. The van der Waals surface area contributed by atoms with Gasteiger partial charge >= 0.3 is 7.12 Å². The summed E-state index contributed by atoms with van der Waals surface area (Å²) in [5.41, 5.74) is 5.21. The Kier molecular flexibility index (Phi) is 5.17. The van der Waals surface area contributed by atoms with Gasteiger partial charge in [-0.1, -0.05) is 0 Å². The van der Waals surface area contributed by atoms with Crippen molar-refractivity contribution in [1.29, 1.82) is 0 Å². The van der Waals surface area contributed by atoms with Crippen LogP contribution in [-0.4, -0.2) is 73.0 Å². The smallest absolute Gasteiger partial charge is 0.399 e. The minimum Gasteiger partial charge on any atom is -0.399 e. The molecule has 10 heteroatoms. The summed E-state index contributed by atoms with van der Waals surface area (Å²) in [7, 11) is -4.17. The van der Waals surface area contributed by atoms with Crippen LogP contribution in [0.4, 0.5) is 0 Å². The van der Waals surface area contributed by atoms with Gasteiger partial charge in [-0.15, -0.1) is 0 Å². The van der Waals surface area contributed by atoms with Crippen LogP contribution < -0.4 is 11.2 Å². The maximum absolute atomic E-state index is 12.8. The van der Waals surface area contributed by atoms with E-state index in [-0.39, 0.29) is 5.16 Å². The van der Waals surface area contributed by atoms with Crippen LogP contribution in [0.25, 0.3) is 0 Å². The van der Waals surface area contributed by atoms with Crippen LogP contribution in [0.2, 0.25) is 0 Å². The van der Waals surface area contributed by atoms with E-state index >= 15 is 0 Å². The van der Waals surface area contributed by atoms with E-state index in [0.29, 0.717) is 31.5 Å². The van der Waals surface area contributed by atoms with Crippen LogP contribution >= 0.6 is 0 Å². The largest absolute Gasteiger partial charge is 0.498 e. The molecular formula is C16H27BN4O4S. The van der Waals surface area contributed by atoms with Crippen molar-refractivity contribution in [3.63, 3.8) is 0 Å². The second kappa shape index (κ2) is 6.83. The fraction of sp³-hybridized carbons (Fsp3) is 0.750. The molecular weight excluding hydrogens is 355 g/mol. The molecule has 0 spiro atoms. The normalized spacial score (nSPS) is 25.7. The van der Waals surface area contributed by atoms with Crippen molar-refractivity contribution in [2.75, 3.05) is 26.2 Å². The summed E-state index contributed by atoms with van der Waals surface area (Å²) < 4.78 is 37.4. The van der Waals surface area contributed by atoms with E-state index in [1.54, 1.807) is 0 Å². The molecule has 2 N–H and O–H groups in total. The lowest BCUT2D eigenvalue weighted by Gasteiger charge is -2.32. The molecule has 0 aromatic carbocycles. The number of sulfone groups is 1. The number of aromatic nitrogens is 2. The Morgan fingerprint density at radius 1 is 1.23 bits per heavy atom. The van der Waals surface area contributed by atoms with Crippen molar-refractivity contribution in [3.8, 4) is 0 Å². The Bertz CT molecular complexity index is 738. The molecule has 0 radical (unpaired) electrons. The number of nitrogens with two attached hydrogens (primary N) is 1. The molecule has 3 heterocycles. The number of hydrogen-bond acceptors (Lipinski definition) is 8. The first-order chi connectivity index (χ1) is 12.1. The Morgan fingerprint density at radius 3 is 2.35 bits per heavy atom. The van der Waals surface area contributed by atoms with Gasteiger partial charge in [-0.25, -0.2) is 18.4 Å². The highest BCUT2D eigenvalue weighted by Crippen LogP contribution is 2.36. The summed E-state index contributed by atoms with van der Waals surface area (Å²) in [6.45, 7) is 10.3. The zero-order valence-electron chi connectivity index (χ0n) is 15.8. The molecule has 1 aromatic heterocycles. The summed E-state index contributed by atoms with van der Waals surface area (Å²) in [4.78, 5) is 10.3. The molecule has 1 aromatic rings. The minimum absolute atomic E-state index is 0.141. The molecule has 2 saturated heterocycles. The first kappa shape index (κ1) is 19.7. The van der Waals surface area contributed by atoms with Gasteiger partial charge in [0.2, 0.25) is 15.0 Å². The zero-order valence-corrected chi connectivity index (χ0v) is 16.6. The summed E-state index contributed by atoms with van der Waals surface area (Å²) in [6, 6.07) is 0. The van der Waals surface area contributed by atoms with Crippen molar-refractivity contribution in [2.24, 2.45) is 5.73 Å². The molecule has 26 heavy (non-hydrogen) atoms. The van der Waals surface area contributed by atoms with E-state index < -0.39 is 33.4 Å². The van der Waals surface area contributed by atoms with Crippen LogP contribution in [0.1, 0.15) is 34.1 Å². The van der Waals surface area contributed by atoms with Crippen LogP contribution in [0.3, 0.4) is 0 Å². The van der Waals surface area contributed by atoms with Crippen molar-refractivity contribution in [1.82, 2.24) is 14.9 Å². The van der Waals surface area contributed by atoms with Crippen molar-refractivity contribution in [3.05, 3.63) is 12.4 Å². The van der Waals surface area contributed by atoms with Gasteiger partial charge in [-0.2, -0.15) is 0 Å². The van der Waals surface area contributed by atoms with Gasteiger partial charge in [-0.3, -0.25) is 0 Å². The summed E-state index contributed by atoms with van der Waals surface area (Å²) in [5, 5.41) is -0.630. The summed E-state index contributed by atoms with van der Waals surface area (Å²) >= 11 is 0. The van der Waals surface area contributed by atoms with E-state index in [2.05, 4.69) is 14.9 Å². The van der Waals surface area contributed by atoms with Gasteiger partial charge in [-0.05, 0) is 40.7 Å².